The van der Waals surface area contributed by atoms with E-state index in [1.165, 1.54) is 25.7 Å². The van der Waals surface area contributed by atoms with Gasteiger partial charge in [-0.15, -0.1) is 0 Å². The van der Waals surface area contributed by atoms with Crippen molar-refractivity contribution < 1.29 is 0 Å². The minimum atomic E-state index is 0.526. The Morgan fingerprint density at radius 1 is 1.53 bits per heavy atom. The van der Waals surface area contributed by atoms with E-state index in [0.717, 1.165) is 17.8 Å². The van der Waals surface area contributed by atoms with E-state index in [2.05, 4.69) is 22.0 Å². The predicted octanol–water partition coefficient (Wildman–Crippen LogP) is 1.09. The lowest BCUT2D eigenvalue weighted by molar-refractivity contribution is 0.419. The van der Waals surface area contributed by atoms with Crippen LogP contribution < -0.4 is 16.6 Å². The third kappa shape index (κ3) is 4.30. The molecule has 0 aliphatic heterocycles. The zero-order chi connectivity index (χ0) is 11.1. The molecule has 1 aliphatic rings. The van der Waals surface area contributed by atoms with Gasteiger partial charge in [-0.1, -0.05) is 6.42 Å². The molecule has 1 fully saturated rings. The lowest BCUT2D eigenvalue weighted by Crippen LogP contribution is -2.48. The van der Waals surface area contributed by atoms with Crippen molar-refractivity contribution in [3.63, 3.8) is 0 Å². The molecule has 0 bridgehead atoms. The minimum Gasteiger partial charge on any atom is -0.353 e. The number of nitrogens with two attached hydrogens (primary N) is 1. The first kappa shape index (κ1) is 12.6. The van der Waals surface area contributed by atoms with Gasteiger partial charge in [-0.25, -0.2) is 5.84 Å². The highest BCUT2D eigenvalue weighted by molar-refractivity contribution is 7.99. The number of aliphatic imine (C=N–C) groups is 1. The molecule has 0 aromatic carbocycles. The molecule has 0 heterocycles. The van der Waals surface area contributed by atoms with Gasteiger partial charge in [0, 0.05) is 17.8 Å². The van der Waals surface area contributed by atoms with Gasteiger partial charge in [0.15, 0.2) is 0 Å². The van der Waals surface area contributed by atoms with E-state index < -0.39 is 0 Å². The van der Waals surface area contributed by atoms with Crippen molar-refractivity contribution in [2.45, 2.75) is 43.9 Å². The highest BCUT2D eigenvalue weighted by atomic mass is 32.2. The molecule has 1 rings (SSSR count). The molecule has 2 unspecified atom stereocenters. The second-order valence-electron chi connectivity index (χ2n) is 3.83. The van der Waals surface area contributed by atoms with Crippen molar-refractivity contribution in [3.8, 4) is 0 Å². The fraction of sp³-hybridized carbons (Fsp3) is 0.900. The summed E-state index contributed by atoms with van der Waals surface area (Å²) in [6, 6.07) is 0.526. The van der Waals surface area contributed by atoms with Crippen LogP contribution in [0.4, 0.5) is 0 Å². The molecule has 2 atom stereocenters. The van der Waals surface area contributed by atoms with Crippen LogP contribution in [0.5, 0.6) is 0 Å². The fourth-order valence-electron chi connectivity index (χ4n) is 1.97. The van der Waals surface area contributed by atoms with E-state index in [0.29, 0.717) is 6.04 Å². The van der Waals surface area contributed by atoms with Crippen molar-refractivity contribution in [1.82, 2.24) is 10.7 Å². The average molecular weight is 230 g/mol. The standard InChI is InChI=1S/C10H22N4S/c1-3-12-10(14-11)13-8-5-4-6-9(7-8)15-2/h8-9H,3-7,11H2,1-2H3,(H2,12,13,14). The number of nitrogens with one attached hydrogen (secondary N) is 2. The van der Waals surface area contributed by atoms with E-state index in [9.17, 15) is 0 Å². The van der Waals surface area contributed by atoms with Crippen LogP contribution in [0.3, 0.4) is 0 Å². The summed E-state index contributed by atoms with van der Waals surface area (Å²) < 4.78 is 0. The van der Waals surface area contributed by atoms with Crippen molar-refractivity contribution in [2.75, 3.05) is 12.8 Å². The predicted molar refractivity (Wildman–Crippen MR) is 68.0 cm³/mol. The lowest BCUT2D eigenvalue weighted by atomic mass is 9.95. The maximum absolute atomic E-state index is 5.39. The Balaban J connectivity index is 2.39. The Labute approximate surface area is 96.4 Å². The monoisotopic (exact) mass is 230 g/mol. The molecule has 0 radical (unpaired) electrons. The molecule has 88 valence electrons. The van der Waals surface area contributed by atoms with E-state index >= 15 is 0 Å². The van der Waals surface area contributed by atoms with Gasteiger partial charge in [0.05, 0.1) is 0 Å². The molecular weight excluding hydrogens is 208 g/mol. The smallest absolute Gasteiger partial charge is 0.205 e. The zero-order valence-electron chi connectivity index (χ0n) is 9.62. The second-order valence-corrected chi connectivity index (χ2v) is 4.97. The van der Waals surface area contributed by atoms with Gasteiger partial charge < -0.3 is 5.32 Å². The summed E-state index contributed by atoms with van der Waals surface area (Å²) in [4.78, 5) is 4.25. The summed E-state index contributed by atoms with van der Waals surface area (Å²) in [6.07, 6.45) is 7.27. The minimum absolute atomic E-state index is 0.526. The number of nitrogens with zero attached hydrogens (tertiary/aromatic N) is 1. The molecule has 1 saturated carbocycles. The molecule has 0 amide bonds. The van der Waals surface area contributed by atoms with Crippen LogP contribution in [0.25, 0.3) is 0 Å². The number of hydrogen-bond acceptors (Lipinski definition) is 3. The molecule has 5 heteroatoms. The fourth-order valence-corrected chi connectivity index (χ4v) is 2.80. The molecule has 15 heavy (non-hydrogen) atoms. The maximum atomic E-state index is 5.39. The molecule has 4 N–H and O–H groups in total. The van der Waals surface area contributed by atoms with Crippen molar-refractivity contribution in [2.24, 2.45) is 10.8 Å². The summed E-state index contributed by atoms with van der Waals surface area (Å²) in [7, 11) is 0. The summed E-state index contributed by atoms with van der Waals surface area (Å²) in [5.74, 6) is 6.12. The molecule has 0 saturated heterocycles. The number of guanidine groups is 1. The second kappa shape index (κ2) is 6.95. The Bertz CT molecular complexity index is 208. The first-order chi connectivity index (χ1) is 7.30. The van der Waals surface area contributed by atoms with Crippen molar-refractivity contribution in [1.29, 1.82) is 0 Å². The molecule has 4 nitrogen and oxygen atoms in total. The normalized spacial score (nSPS) is 27.5. The van der Waals surface area contributed by atoms with E-state index in [1.807, 2.05) is 18.7 Å². The summed E-state index contributed by atoms with van der Waals surface area (Å²) in [6.45, 7) is 2.76. The van der Waals surface area contributed by atoms with Crippen LogP contribution in [-0.4, -0.2) is 30.1 Å². The largest absolute Gasteiger partial charge is 0.353 e. The van der Waals surface area contributed by atoms with Crippen molar-refractivity contribution >= 4 is 17.7 Å². The Morgan fingerprint density at radius 2 is 2.33 bits per heavy atom. The van der Waals surface area contributed by atoms with Crippen molar-refractivity contribution in [3.05, 3.63) is 0 Å². The Hall–Kier alpha value is -0.420. The molecular formula is C10H22N4S. The highest BCUT2D eigenvalue weighted by Gasteiger charge is 2.21. The van der Waals surface area contributed by atoms with Crippen LogP contribution in [0, 0.1) is 0 Å². The summed E-state index contributed by atoms with van der Waals surface area (Å²) in [5.41, 5.74) is 2.62. The number of hydrogen-bond donors (Lipinski definition) is 3. The van der Waals surface area contributed by atoms with E-state index in [-0.39, 0.29) is 0 Å². The Kier molecular flexibility index (Phi) is 5.86. The number of hydrazine groups is 1. The van der Waals surface area contributed by atoms with Gasteiger partial charge >= 0.3 is 0 Å². The van der Waals surface area contributed by atoms with Crippen LogP contribution >= 0.6 is 11.8 Å². The highest BCUT2D eigenvalue weighted by Crippen LogP contribution is 2.26. The van der Waals surface area contributed by atoms with Crippen LogP contribution in [0.15, 0.2) is 4.99 Å². The number of rotatable bonds is 3. The third-order valence-electron chi connectivity index (χ3n) is 2.75. The quantitative estimate of drug-likeness (QED) is 0.294. The van der Waals surface area contributed by atoms with E-state index in [4.69, 9.17) is 5.84 Å². The van der Waals surface area contributed by atoms with Gasteiger partial charge in [-0.3, -0.25) is 10.4 Å². The molecule has 0 aromatic rings. The SMILES string of the molecule is CCN=C(NN)NC1CCCC(SC)C1. The number of thioether (sulfide) groups is 1. The van der Waals surface area contributed by atoms with Gasteiger partial charge in [0.25, 0.3) is 0 Å². The summed E-state index contributed by atoms with van der Waals surface area (Å²) >= 11 is 1.97. The lowest BCUT2D eigenvalue weighted by Gasteiger charge is -2.29. The van der Waals surface area contributed by atoms with Crippen LogP contribution in [0.1, 0.15) is 32.6 Å². The topological polar surface area (TPSA) is 62.4 Å². The third-order valence-corrected chi connectivity index (χ3v) is 3.85. The molecule has 1 aliphatic carbocycles. The van der Waals surface area contributed by atoms with Gasteiger partial charge in [-0.05, 0) is 32.4 Å². The van der Waals surface area contributed by atoms with Gasteiger partial charge in [-0.2, -0.15) is 11.8 Å². The Morgan fingerprint density at radius 3 is 2.93 bits per heavy atom. The van der Waals surface area contributed by atoms with Crippen LogP contribution in [-0.2, 0) is 0 Å². The zero-order valence-corrected chi connectivity index (χ0v) is 10.4. The summed E-state index contributed by atoms with van der Waals surface area (Å²) in [5, 5.41) is 4.16. The van der Waals surface area contributed by atoms with Gasteiger partial charge in [0.2, 0.25) is 5.96 Å². The molecule has 0 aromatic heterocycles. The van der Waals surface area contributed by atoms with Gasteiger partial charge in [0.1, 0.15) is 0 Å². The maximum Gasteiger partial charge on any atom is 0.205 e. The average Bonchev–Trinajstić information content (AvgIpc) is 2.29. The van der Waals surface area contributed by atoms with E-state index in [1.54, 1.807) is 0 Å². The first-order valence-electron chi connectivity index (χ1n) is 5.60. The first-order valence-corrected chi connectivity index (χ1v) is 6.89. The molecule has 0 spiro atoms. The van der Waals surface area contributed by atoms with Crippen LogP contribution in [0.2, 0.25) is 0 Å².